The third-order valence-electron chi connectivity index (χ3n) is 5.84. The fourth-order valence-corrected chi connectivity index (χ4v) is 4.09. The number of anilines is 1. The first-order valence-electron chi connectivity index (χ1n) is 11.4. The Balaban J connectivity index is 1.33. The van der Waals surface area contributed by atoms with Crippen molar-refractivity contribution >= 4 is 23.3 Å². The molecule has 1 fully saturated rings. The van der Waals surface area contributed by atoms with Crippen LogP contribution in [0.2, 0.25) is 5.02 Å². The summed E-state index contributed by atoms with van der Waals surface area (Å²) in [6, 6.07) is 13.6. The Hall–Kier alpha value is -3.32. The summed E-state index contributed by atoms with van der Waals surface area (Å²) in [5.74, 6) is 2.33. The van der Waals surface area contributed by atoms with E-state index in [-0.39, 0.29) is 12.5 Å². The fraction of sp³-hybridized carbons (Fsp3) is 0.346. The predicted molar refractivity (Wildman–Crippen MR) is 134 cm³/mol. The largest absolute Gasteiger partial charge is 0.494 e. The number of aromatic nitrogens is 2. The third kappa shape index (κ3) is 5.59. The first-order chi connectivity index (χ1) is 16.4. The molecule has 4 rings (SSSR count). The molecule has 1 aromatic heterocycles. The van der Waals surface area contributed by atoms with Crippen LogP contribution in [0, 0.1) is 13.8 Å². The van der Waals surface area contributed by atoms with Crippen LogP contribution >= 0.6 is 11.6 Å². The van der Waals surface area contributed by atoms with Crippen molar-refractivity contribution in [2.24, 2.45) is 0 Å². The van der Waals surface area contributed by atoms with Crippen molar-refractivity contribution in [2.45, 2.75) is 20.8 Å². The summed E-state index contributed by atoms with van der Waals surface area (Å²) in [5.41, 5.74) is 3.73. The number of benzene rings is 2. The second-order valence-electron chi connectivity index (χ2n) is 8.25. The van der Waals surface area contributed by atoms with E-state index in [9.17, 15) is 4.79 Å². The standard InChI is InChI=1S/C26H29ClN4O3/c1-4-33-21-7-5-20(6-8-21)23-15-24(29-17-28-23)30-9-11-31(12-10-30)25(32)16-34-22-13-18(2)26(27)19(3)14-22/h5-8,13-15,17H,4,9-12,16H2,1-3H3. The number of piperazine rings is 1. The van der Waals surface area contributed by atoms with E-state index in [1.807, 2.05) is 68.1 Å². The zero-order valence-corrected chi connectivity index (χ0v) is 20.5. The van der Waals surface area contributed by atoms with Crippen LogP contribution in [0.1, 0.15) is 18.1 Å². The van der Waals surface area contributed by atoms with Gasteiger partial charge in [0.25, 0.3) is 5.91 Å². The quantitative estimate of drug-likeness (QED) is 0.494. The molecule has 178 valence electrons. The highest BCUT2D eigenvalue weighted by Gasteiger charge is 2.22. The lowest BCUT2D eigenvalue weighted by Crippen LogP contribution is -2.50. The normalized spacial score (nSPS) is 13.6. The van der Waals surface area contributed by atoms with Crippen LogP contribution in [-0.2, 0) is 4.79 Å². The molecule has 0 saturated carbocycles. The summed E-state index contributed by atoms with van der Waals surface area (Å²) in [7, 11) is 0. The summed E-state index contributed by atoms with van der Waals surface area (Å²) in [6.45, 7) is 9.09. The predicted octanol–water partition coefficient (Wildman–Crippen LogP) is 4.54. The van der Waals surface area contributed by atoms with E-state index >= 15 is 0 Å². The van der Waals surface area contributed by atoms with Gasteiger partial charge in [0.1, 0.15) is 23.6 Å². The van der Waals surface area contributed by atoms with Crippen molar-refractivity contribution in [3.05, 3.63) is 64.9 Å². The molecule has 2 aromatic carbocycles. The first-order valence-corrected chi connectivity index (χ1v) is 11.8. The summed E-state index contributed by atoms with van der Waals surface area (Å²) in [6.07, 6.45) is 1.59. The molecular weight excluding hydrogens is 452 g/mol. The molecular formula is C26H29ClN4O3. The van der Waals surface area contributed by atoms with Gasteiger partial charge in [-0.25, -0.2) is 9.97 Å². The Morgan fingerprint density at radius 2 is 1.62 bits per heavy atom. The van der Waals surface area contributed by atoms with Crippen LogP contribution in [-0.4, -0.2) is 60.2 Å². The molecule has 0 spiro atoms. The van der Waals surface area contributed by atoms with Gasteiger partial charge in [0, 0.05) is 42.8 Å². The smallest absolute Gasteiger partial charge is 0.260 e. The third-order valence-corrected chi connectivity index (χ3v) is 6.44. The van der Waals surface area contributed by atoms with Crippen LogP contribution in [0.25, 0.3) is 11.3 Å². The Labute approximate surface area is 205 Å². The first kappa shape index (κ1) is 23.8. The number of carbonyl (C=O) groups excluding carboxylic acids is 1. The van der Waals surface area contributed by atoms with Gasteiger partial charge in [0.15, 0.2) is 6.61 Å². The highest BCUT2D eigenvalue weighted by molar-refractivity contribution is 6.32. The van der Waals surface area contributed by atoms with E-state index in [1.54, 1.807) is 6.33 Å². The average molecular weight is 481 g/mol. The van der Waals surface area contributed by atoms with Crippen LogP contribution in [0.4, 0.5) is 5.82 Å². The van der Waals surface area contributed by atoms with Crippen LogP contribution in [0.15, 0.2) is 48.8 Å². The van der Waals surface area contributed by atoms with Gasteiger partial charge in [-0.3, -0.25) is 4.79 Å². The molecule has 0 unspecified atom stereocenters. The van der Waals surface area contributed by atoms with Crippen LogP contribution < -0.4 is 14.4 Å². The Bertz CT molecular complexity index is 1120. The molecule has 1 aliphatic rings. The minimum absolute atomic E-state index is 0.00983. The van der Waals surface area contributed by atoms with Crippen molar-refractivity contribution in [1.82, 2.24) is 14.9 Å². The second-order valence-corrected chi connectivity index (χ2v) is 8.62. The molecule has 7 nitrogen and oxygen atoms in total. The van der Waals surface area contributed by atoms with Gasteiger partial charge in [-0.2, -0.15) is 0 Å². The van der Waals surface area contributed by atoms with Gasteiger partial charge in [0.2, 0.25) is 0 Å². The summed E-state index contributed by atoms with van der Waals surface area (Å²) >= 11 is 6.21. The Kier molecular flexibility index (Phi) is 7.53. The van der Waals surface area contributed by atoms with E-state index in [0.29, 0.717) is 38.5 Å². The number of amides is 1. The molecule has 0 bridgehead atoms. The number of hydrogen-bond donors (Lipinski definition) is 0. The SMILES string of the molecule is CCOc1ccc(-c2cc(N3CCN(C(=O)COc4cc(C)c(Cl)c(C)c4)CC3)ncn2)cc1. The number of rotatable bonds is 7. The lowest BCUT2D eigenvalue weighted by atomic mass is 10.1. The minimum atomic E-state index is -0.0253. The van der Waals surface area contributed by atoms with E-state index in [2.05, 4.69) is 14.9 Å². The molecule has 8 heteroatoms. The zero-order valence-electron chi connectivity index (χ0n) is 19.8. The highest BCUT2D eigenvalue weighted by atomic mass is 35.5. The molecule has 1 amide bonds. The molecule has 1 aliphatic heterocycles. The molecule has 1 saturated heterocycles. The van der Waals surface area contributed by atoms with E-state index in [4.69, 9.17) is 21.1 Å². The summed E-state index contributed by atoms with van der Waals surface area (Å²) in [5, 5.41) is 0.727. The lowest BCUT2D eigenvalue weighted by Gasteiger charge is -2.35. The minimum Gasteiger partial charge on any atom is -0.494 e. The summed E-state index contributed by atoms with van der Waals surface area (Å²) < 4.78 is 11.3. The molecule has 3 aromatic rings. The number of carbonyl (C=O) groups is 1. The fourth-order valence-electron chi connectivity index (χ4n) is 3.98. The number of ether oxygens (including phenoxy) is 2. The van der Waals surface area contributed by atoms with E-state index < -0.39 is 0 Å². The van der Waals surface area contributed by atoms with E-state index in [0.717, 1.165) is 39.0 Å². The Morgan fingerprint density at radius 1 is 0.941 bits per heavy atom. The number of hydrogen-bond acceptors (Lipinski definition) is 6. The number of halogens is 1. The number of aryl methyl sites for hydroxylation is 2. The monoisotopic (exact) mass is 480 g/mol. The maximum absolute atomic E-state index is 12.7. The van der Waals surface area contributed by atoms with Crippen molar-refractivity contribution < 1.29 is 14.3 Å². The van der Waals surface area contributed by atoms with Gasteiger partial charge < -0.3 is 19.3 Å². The average Bonchev–Trinajstić information content (AvgIpc) is 2.86. The maximum Gasteiger partial charge on any atom is 0.260 e. The van der Waals surface area contributed by atoms with Crippen LogP contribution in [0.3, 0.4) is 0 Å². The van der Waals surface area contributed by atoms with Crippen LogP contribution in [0.5, 0.6) is 11.5 Å². The van der Waals surface area contributed by atoms with Gasteiger partial charge in [-0.1, -0.05) is 11.6 Å². The maximum atomic E-state index is 12.7. The van der Waals surface area contributed by atoms with Crippen molar-refractivity contribution in [3.8, 4) is 22.8 Å². The molecule has 0 aliphatic carbocycles. The molecule has 0 atom stereocenters. The van der Waals surface area contributed by atoms with Crippen molar-refractivity contribution in [1.29, 1.82) is 0 Å². The molecule has 0 N–H and O–H groups in total. The number of nitrogens with zero attached hydrogens (tertiary/aromatic N) is 4. The van der Waals surface area contributed by atoms with Gasteiger partial charge in [0.05, 0.1) is 12.3 Å². The molecule has 34 heavy (non-hydrogen) atoms. The van der Waals surface area contributed by atoms with Gasteiger partial charge >= 0.3 is 0 Å². The Morgan fingerprint density at radius 3 is 2.26 bits per heavy atom. The topological polar surface area (TPSA) is 67.8 Å². The van der Waals surface area contributed by atoms with E-state index in [1.165, 1.54) is 0 Å². The zero-order chi connectivity index (χ0) is 24.1. The second kappa shape index (κ2) is 10.7. The van der Waals surface area contributed by atoms with Gasteiger partial charge in [-0.15, -0.1) is 0 Å². The van der Waals surface area contributed by atoms with Crippen molar-refractivity contribution in [3.63, 3.8) is 0 Å². The molecule has 0 radical (unpaired) electrons. The lowest BCUT2D eigenvalue weighted by molar-refractivity contribution is -0.133. The summed E-state index contributed by atoms with van der Waals surface area (Å²) in [4.78, 5) is 25.6. The molecule has 2 heterocycles. The van der Waals surface area contributed by atoms with Crippen molar-refractivity contribution in [2.75, 3.05) is 44.3 Å². The highest BCUT2D eigenvalue weighted by Crippen LogP contribution is 2.26. The van der Waals surface area contributed by atoms with Gasteiger partial charge in [-0.05, 0) is 68.3 Å².